The van der Waals surface area contributed by atoms with Crippen molar-refractivity contribution >= 4 is 12.3 Å². The molecule has 0 aromatic carbocycles. The summed E-state index contributed by atoms with van der Waals surface area (Å²) in [4.78, 5) is 23.1. The van der Waals surface area contributed by atoms with E-state index in [1.807, 2.05) is 0 Å². The number of esters is 1. The van der Waals surface area contributed by atoms with Crippen molar-refractivity contribution < 1.29 is 14.3 Å². The van der Waals surface area contributed by atoms with E-state index in [4.69, 9.17) is 0 Å². The van der Waals surface area contributed by atoms with Crippen LogP contribution >= 0.6 is 0 Å². The highest BCUT2D eigenvalue weighted by molar-refractivity contribution is 5.82. The molecule has 3 heteroatoms. The van der Waals surface area contributed by atoms with E-state index in [0.29, 0.717) is 5.92 Å². The normalized spacial score (nSPS) is 35.0. The Labute approximate surface area is 127 Å². The number of carbonyl (C=O) groups excluding carboxylic acids is 2. The van der Waals surface area contributed by atoms with Crippen LogP contribution in [0, 0.1) is 22.7 Å². The lowest BCUT2D eigenvalue weighted by Crippen LogP contribution is -2.49. The van der Waals surface area contributed by atoms with Gasteiger partial charge >= 0.3 is 5.97 Å². The Hall–Kier alpha value is -1.38. The minimum Gasteiger partial charge on any atom is -0.466 e. The quantitative estimate of drug-likeness (QED) is 0.452. The summed E-state index contributed by atoms with van der Waals surface area (Å²) in [6.07, 6.45) is 10.8. The molecule has 2 aliphatic carbocycles. The van der Waals surface area contributed by atoms with E-state index in [1.165, 1.54) is 26.0 Å². The third-order valence-corrected chi connectivity index (χ3v) is 5.68. The fourth-order valence-corrected chi connectivity index (χ4v) is 4.53. The fourth-order valence-electron chi connectivity index (χ4n) is 4.53. The van der Waals surface area contributed by atoms with Gasteiger partial charge in [0.05, 0.1) is 7.11 Å². The summed E-state index contributed by atoms with van der Waals surface area (Å²) in [5, 5.41) is 0. The van der Waals surface area contributed by atoms with Gasteiger partial charge in [0.2, 0.25) is 0 Å². The monoisotopic (exact) mass is 290 g/mol. The molecule has 0 N–H and O–H groups in total. The smallest absolute Gasteiger partial charge is 0.330 e. The van der Waals surface area contributed by atoms with Gasteiger partial charge in [-0.2, -0.15) is 0 Å². The topological polar surface area (TPSA) is 43.4 Å². The molecule has 1 saturated carbocycles. The Morgan fingerprint density at radius 2 is 2.05 bits per heavy atom. The Kier molecular flexibility index (Phi) is 4.40. The zero-order chi connectivity index (χ0) is 15.7. The molecule has 0 saturated heterocycles. The first-order chi connectivity index (χ1) is 9.85. The predicted octanol–water partition coefficient (Wildman–Crippen LogP) is 3.69. The van der Waals surface area contributed by atoms with Gasteiger partial charge in [-0.05, 0) is 41.6 Å². The molecule has 0 bridgehead atoms. The van der Waals surface area contributed by atoms with Gasteiger partial charge in [0.25, 0.3) is 0 Å². The molecule has 0 spiro atoms. The number of rotatable bonds is 3. The fraction of sp³-hybridized carbons (Fsp3) is 0.667. The maximum absolute atomic E-state index is 11.8. The third-order valence-electron chi connectivity index (χ3n) is 5.68. The molecule has 116 valence electrons. The molecular formula is C18H26O3. The molecule has 1 fully saturated rings. The van der Waals surface area contributed by atoms with Crippen LogP contribution in [0.1, 0.15) is 46.5 Å². The first-order valence-electron chi connectivity index (χ1n) is 7.76. The summed E-state index contributed by atoms with van der Waals surface area (Å²) in [6, 6.07) is 0. The van der Waals surface area contributed by atoms with E-state index >= 15 is 0 Å². The molecule has 2 aliphatic rings. The van der Waals surface area contributed by atoms with Crippen molar-refractivity contribution in [2.24, 2.45) is 22.7 Å². The van der Waals surface area contributed by atoms with E-state index in [2.05, 4.69) is 31.6 Å². The van der Waals surface area contributed by atoms with Crippen molar-refractivity contribution in [3.63, 3.8) is 0 Å². The van der Waals surface area contributed by atoms with E-state index < -0.39 is 0 Å². The van der Waals surface area contributed by atoms with E-state index in [-0.39, 0.29) is 22.7 Å². The van der Waals surface area contributed by atoms with Gasteiger partial charge in [-0.1, -0.05) is 39.3 Å². The van der Waals surface area contributed by atoms with Crippen LogP contribution in [0.25, 0.3) is 0 Å². The van der Waals surface area contributed by atoms with E-state index in [9.17, 15) is 9.59 Å². The summed E-state index contributed by atoms with van der Waals surface area (Å²) in [5.74, 6) is 0.0118. The second-order valence-corrected chi connectivity index (χ2v) is 7.31. The first-order valence-corrected chi connectivity index (χ1v) is 7.76. The van der Waals surface area contributed by atoms with Gasteiger partial charge in [0.1, 0.15) is 6.29 Å². The van der Waals surface area contributed by atoms with Crippen LogP contribution in [0.5, 0.6) is 0 Å². The third kappa shape index (κ3) is 2.83. The lowest BCUT2D eigenvalue weighted by atomic mass is 9.49. The summed E-state index contributed by atoms with van der Waals surface area (Å²) in [7, 11) is 1.36. The standard InChI is InChI=1S/C18H26O3/c1-17(2)10-5-11-18(3)14(12-19)13(6-8-15(17)18)7-9-16(20)21-4/h6-7,9,12,14-15H,5,8,10-11H2,1-4H3/b9-7+/t14-,15-,18+/m0/s1. The molecule has 0 aromatic heterocycles. The van der Waals surface area contributed by atoms with E-state index in [0.717, 1.165) is 24.7 Å². The van der Waals surface area contributed by atoms with Gasteiger partial charge in [0, 0.05) is 12.0 Å². The Morgan fingerprint density at radius 1 is 1.33 bits per heavy atom. The molecule has 3 atom stereocenters. The Bertz CT molecular complexity index is 487. The highest BCUT2D eigenvalue weighted by atomic mass is 16.5. The Balaban J connectivity index is 2.34. The van der Waals surface area contributed by atoms with Crippen LogP contribution in [0.3, 0.4) is 0 Å². The maximum Gasteiger partial charge on any atom is 0.330 e. The lowest BCUT2D eigenvalue weighted by Gasteiger charge is -2.55. The first kappa shape index (κ1) is 16.0. The number of carbonyl (C=O) groups is 2. The molecule has 0 heterocycles. The molecule has 0 radical (unpaired) electrons. The summed E-state index contributed by atoms with van der Waals surface area (Å²) in [5.41, 5.74) is 1.22. The summed E-state index contributed by atoms with van der Waals surface area (Å²) < 4.78 is 4.63. The van der Waals surface area contributed by atoms with Crippen LogP contribution in [0.15, 0.2) is 23.8 Å². The van der Waals surface area contributed by atoms with Gasteiger partial charge < -0.3 is 9.53 Å². The summed E-state index contributed by atoms with van der Waals surface area (Å²) >= 11 is 0. The Morgan fingerprint density at radius 3 is 2.67 bits per heavy atom. The number of hydrogen-bond acceptors (Lipinski definition) is 3. The van der Waals surface area contributed by atoms with Crippen molar-refractivity contribution in [3.05, 3.63) is 23.8 Å². The molecule has 21 heavy (non-hydrogen) atoms. The zero-order valence-electron chi connectivity index (χ0n) is 13.5. The number of methoxy groups -OCH3 is 1. The maximum atomic E-state index is 11.8. The minimum atomic E-state index is -0.378. The van der Waals surface area contributed by atoms with Crippen LogP contribution in [0.2, 0.25) is 0 Å². The number of aldehydes is 1. The second-order valence-electron chi connectivity index (χ2n) is 7.31. The molecule has 3 nitrogen and oxygen atoms in total. The molecule has 0 unspecified atom stereocenters. The van der Waals surface area contributed by atoms with Gasteiger partial charge in [-0.3, -0.25) is 0 Å². The zero-order valence-corrected chi connectivity index (χ0v) is 13.5. The number of allylic oxidation sites excluding steroid dienone is 3. The van der Waals surface area contributed by atoms with E-state index in [1.54, 1.807) is 6.08 Å². The van der Waals surface area contributed by atoms with Gasteiger partial charge in [-0.15, -0.1) is 0 Å². The molecule has 0 aromatic rings. The molecular weight excluding hydrogens is 264 g/mol. The van der Waals surface area contributed by atoms with Crippen molar-refractivity contribution in [1.29, 1.82) is 0 Å². The second kappa shape index (κ2) is 5.78. The predicted molar refractivity (Wildman–Crippen MR) is 82.6 cm³/mol. The number of hydrogen-bond donors (Lipinski definition) is 0. The highest BCUT2D eigenvalue weighted by Crippen LogP contribution is 2.59. The molecule has 0 aliphatic heterocycles. The number of fused-ring (bicyclic) bond motifs is 1. The van der Waals surface area contributed by atoms with Gasteiger partial charge in [-0.25, -0.2) is 4.79 Å². The van der Waals surface area contributed by atoms with Crippen molar-refractivity contribution in [2.75, 3.05) is 7.11 Å². The summed E-state index contributed by atoms with van der Waals surface area (Å²) in [6.45, 7) is 6.89. The average molecular weight is 290 g/mol. The number of ether oxygens (including phenoxy) is 1. The van der Waals surface area contributed by atoms with Crippen LogP contribution in [-0.4, -0.2) is 19.4 Å². The SMILES string of the molecule is COC(=O)/C=C/C1=CC[C@H]2C(C)(C)CCC[C@]2(C)[C@H]1C=O. The van der Waals surface area contributed by atoms with Crippen LogP contribution < -0.4 is 0 Å². The van der Waals surface area contributed by atoms with Crippen molar-refractivity contribution in [2.45, 2.75) is 46.5 Å². The molecule has 0 amide bonds. The minimum absolute atomic E-state index is 0.00591. The van der Waals surface area contributed by atoms with Crippen molar-refractivity contribution in [1.82, 2.24) is 0 Å². The highest BCUT2D eigenvalue weighted by Gasteiger charge is 2.52. The van der Waals surface area contributed by atoms with Crippen molar-refractivity contribution in [3.8, 4) is 0 Å². The molecule has 2 rings (SSSR count). The lowest BCUT2D eigenvalue weighted by molar-refractivity contribution is -0.134. The van der Waals surface area contributed by atoms with Crippen LogP contribution in [-0.2, 0) is 14.3 Å². The van der Waals surface area contributed by atoms with Gasteiger partial charge in [0.15, 0.2) is 0 Å². The largest absolute Gasteiger partial charge is 0.466 e. The van der Waals surface area contributed by atoms with Crippen LogP contribution in [0.4, 0.5) is 0 Å². The average Bonchev–Trinajstić information content (AvgIpc) is 2.43.